The first kappa shape index (κ1) is 19.3. The van der Waals surface area contributed by atoms with Crippen molar-refractivity contribution in [2.75, 3.05) is 5.32 Å². The van der Waals surface area contributed by atoms with Crippen molar-refractivity contribution in [2.24, 2.45) is 11.1 Å². The molecule has 0 fully saturated rings. The Labute approximate surface area is 155 Å². The summed E-state index contributed by atoms with van der Waals surface area (Å²) in [5.74, 6) is -0.433. The molecular weight excluding hydrogens is 356 g/mol. The van der Waals surface area contributed by atoms with Gasteiger partial charge in [0.15, 0.2) is 3.95 Å². The van der Waals surface area contributed by atoms with Crippen LogP contribution in [0.25, 0.3) is 0 Å². The van der Waals surface area contributed by atoms with Gasteiger partial charge >= 0.3 is 0 Å². The van der Waals surface area contributed by atoms with Crippen LogP contribution in [-0.4, -0.2) is 22.4 Å². The van der Waals surface area contributed by atoms with Crippen LogP contribution in [0.1, 0.15) is 38.7 Å². The molecule has 4 N–H and O–H groups in total. The lowest BCUT2D eigenvalue weighted by atomic mass is 9.71. The van der Waals surface area contributed by atoms with Gasteiger partial charge < -0.3 is 15.8 Å². The predicted molar refractivity (Wildman–Crippen MR) is 102 cm³/mol. The number of H-pyrrole nitrogens is 1. The Morgan fingerprint density at radius 2 is 2.08 bits per heavy atom. The lowest BCUT2D eigenvalue weighted by Gasteiger charge is -2.40. The zero-order chi connectivity index (χ0) is 18.5. The Hall–Kier alpha value is -2.06. The van der Waals surface area contributed by atoms with Gasteiger partial charge in [0.05, 0.1) is 12.0 Å². The van der Waals surface area contributed by atoms with Gasteiger partial charge in [-0.25, -0.2) is 0 Å². The highest BCUT2D eigenvalue weighted by molar-refractivity contribution is 7.73. The Morgan fingerprint density at radius 3 is 2.60 bits per heavy atom. The molecule has 25 heavy (non-hydrogen) atoms. The van der Waals surface area contributed by atoms with E-state index < -0.39 is 11.4 Å². The van der Waals surface area contributed by atoms with Gasteiger partial charge in [-0.1, -0.05) is 55.5 Å². The summed E-state index contributed by atoms with van der Waals surface area (Å²) in [5, 5.41) is 10.8. The van der Waals surface area contributed by atoms with Crippen molar-refractivity contribution in [2.45, 2.75) is 38.6 Å². The number of hydrogen-bond donors (Lipinski definition) is 3. The summed E-state index contributed by atoms with van der Waals surface area (Å²) in [5.41, 5.74) is 5.36. The number of primary amides is 1. The van der Waals surface area contributed by atoms with Crippen LogP contribution in [0, 0.1) is 9.37 Å². The number of aromatic amines is 1. The van der Waals surface area contributed by atoms with Gasteiger partial charge in [-0.05, 0) is 29.6 Å². The highest BCUT2D eigenvalue weighted by atomic mass is 32.1. The third-order valence-electron chi connectivity index (χ3n) is 4.00. The molecule has 0 aliphatic rings. The first-order valence-electron chi connectivity index (χ1n) is 7.87. The fourth-order valence-electron chi connectivity index (χ4n) is 3.08. The number of aromatic nitrogens is 2. The van der Waals surface area contributed by atoms with E-state index in [4.69, 9.17) is 18.0 Å². The molecule has 134 valence electrons. The predicted octanol–water partition coefficient (Wildman–Crippen LogP) is 3.39. The van der Waals surface area contributed by atoms with Gasteiger partial charge in [0.1, 0.15) is 6.29 Å². The maximum Gasteiger partial charge on any atom is 0.220 e. The molecule has 1 heterocycles. The number of nitrogens with one attached hydrogen (secondary N) is 2. The minimum absolute atomic E-state index is 0.0750. The Kier molecular flexibility index (Phi) is 6.07. The standard InChI is InChI=1S/C17H22N4O2S2/c1-16(2,8-9-22)11-17(10-13(18)23,12-6-4-3-5-7-12)19-14-20-21-15(24)25-14/h3-7,9H,8,10-11H2,1-2H3,(H2,18,23)(H,19,20)(H,21,24). The molecule has 0 spiro atoms. The molecule has 2 rings (SSSR count). The van der Waals surface area contributed by atoms with Crippen LogP contribution in [0.15, 0.2) is 30.3 Å². The van der Waals surface area contributed by atoms with Crippen LogP contribution >= 0.6 is 23.6 Å². The summed E-state index contributed by atoms with van der Waals surface area (Å²) < 4.78 is 0.538. The average molecular weight is 379 g/mol. The Morgan fingerprint density at radius 1 is 1.40 bits per heavy atom. The summed E-state index contributed by atoms with van der Waals surface area (Å²) in [7, 11) is 0. The summed E-state index contributed by atoms with van der Waals surface area (Å²) in [6.07, 6.45) is 1.88. The number of aldehydes is 1. The molecule has 2 aromatic rings. The second kappa shape index (κ2) is 7.88. The van der Waals surface area contributed by atoms with E-state index in [2.05, 4.69) is 15.5 Å². The van der Waals surface area contributed by atoms with Crippen molar-refractivity contribution >= 4 is 40.9 Å². The lowest BCUT2D eigenvalue weighted by Crippen LogP contribution is -2.43. The molecule has 1 unspecified atom stereocenters. The van der Waals surface area contributed by atoms with E-state index in [9.17, 15) is 9.59 Å². The second-order valence-corrected chi connectivity index (χ2v) is 8.51. The highest BCUT2D eigenvalue weighted by Gasteiger charge is 2.40. The molecule has 0 saturated carbocycles. The SMILES string of the molecule is CC(C)(CC=O)CC(CC(N)=O)(Nc1n[nH]c(=S)s1)c1ccccc1. The number of hydrogen-bond acceptors (Lipinski definition) is 6. The molecule has 8 heteroatoms. The van der Waals surface area contributed by atoms with Crippen LogP contribution in [0.5, 0.6) is 0 Å². The van der Waals surface area contributed by atoms with E-state index in [0.29, 0.717) is 21.9 Å². The van der Waals surface area contributed by atoms with E-state index >= 15 is 0 Å². The quantitative estimate of drug-likeness (QED) is 0.459. The molecule has 0 aliphatic carbocycles. The second-order valence-electron chi connectivity index (χ2n) is 6.85. The molecule has 0 bridgehead atoms. The maximum atomic E-state index is 11.9. The maximum absolute atomic E-state index is 11.9. The lowest BCUT2D eigenvalue weighted by molar-refractivity contribution is -0.119. The minimum Gasteiger partial charge on any atom is -0.370 e. The van der Waals surface area contributed by atoms with Gasteiger partial charge in [0.25, 0.3) is 0 Å². The molecule has 6 nitrogen and oxygen atoms in total. The van der Waals surface area contributed by atoms with Crippen LogP contribution in [0.4, 0.5) is 5.13 Å². The molecule has 0 saturated heterocycles. The first-order valence-corrected chi connectivity index (χ1v) is 9.10. The molecular formula is C17H22N4O2S2. The monoisotopic (exact) mass is 378 g/mol. The number of anilines is 1. The number of benzene rings is 1. The molecule has 1 aromatic carbocycles. The molecule has 1 amide bonds. The van der Waals surface area contributed by atoms with Crippen LogP contribution in [-0.2, 0) is 15.1 Å². The van der Waals surface area contributed by atoms with Gasteiger partial charge in [-0.2, -0.15) is 0 Å². The average Bonchev–Trinajstić information content (AvgIpc) is 2.91. The number of rotatable bonds is 9. The van der Waals surface area contributed by atoms with Gasteiger partial charge in [-0.3, -0.25) is 9.89 Å². The largest absolute Gasteiger partial charge is 0.370 e. The molecule has 1 aromatic heterocycles. The smallest absolute Gasteiger partial charge is 0.220 e. The van der Waals surface area contributed by atoms with Crippen molar-refractivity contribution in [3.63, 3.8) is 0 Å². The van der Waals surface area contributed by atoms with E-state index in [1.54, 1.807) is 0 Å². The molecule has 1 atom stereocenters. The normalized spacial score (nSPS) is 13.8. The van der Waals surface area contributed by atoms with Crippen LogP contribution < -0.4 is 11.1 Å². The zero-order valence-corrected chi connectivity index (χ0v) is 15.9. The first-order chi connectivity index (χ1) is 11.8. The number of nitrogens with zero attached hydrogens (tertiary/aromatic N) is 1. The van der Waals surface area contributed by atoms with Crippen molar-refractivity contribution in [1.82, 2.24) is 10.2 Å². The number of amides is 1. The fraction of sp³-hybridized carbons (Fsp3) is 0.412. The van der Waals surface area contributed by atoms with E-state index in [1.165, 1.54) is 11.3 Å². The van der Waals surface area contributed by atoms with Gasteiger partial charge in [0.2, 0.25) is 11.0 Å². The van der Waals surface area contributed by atoms with Crippen LogP contribution in [0.2, 0.25) is 0 Å². The summed E-state index contributed by atoms with van der Waals surface area (Å²) in [4.78, 5) is 23.0. The van der Waals surface area contributed by atoms with Gasteiger partial charge in [-0.15, -0.1) is 5.10 Å². The van der Waals surface area contributed by atoms with Crippen molar-refractivity contribution in [3.05, 3.63) is 39.8 Å². The highest BCUT2D eigenvalue weighted by Crippen LogP contribution is 2.41. The van der Waals surface area contributed by atoms with Crippen molar-refractivity contribution in [1.29, 1.82) is 0 Å². The van der Waals surface area contributed by atoms with E-state index in [-0.39, 0.29) is 11.8 Å². The van der Waals surface area contributed by atoms with Crippen molar-refractivity contribution < 1.29 is 9.59 Å². The molecule has 0 radical (unpaired) electrons. The third kappa shape index (κ3) is 5.20. The minimum atomic E-state index is -0.785. The fourth-order valence-corrected chi connectivity index (χ4v) is 3.97. The van der Waals surface area contributed by atoms with Crippen LogP contribution in [0.3, 0.4) is 0 Å². The van der Waals surface area contributed by atoms with Gasteiger partial charge in [0, 0.05) is 6.42 Å². The number of carbonyl (C=O) groups is 2. The Balaban J connectivity index is 2.53. The number of carbonyl (C=O) groups excluding carboxylic acids is 2. The zero-order valence-electron chi connectivity index (χ0n) is 14.2. The summed E-state index contributed by atoms with van der Waals surface area (Å²) >= 11 is 6.39. The summed E-state index contributed by atoms with van der Waals surface area (Å²) in [6.45, 7) is 3.99. The third-order valence-corrected chi connectivity index (χ3v) is 5.01. The topological polar surface area (TPSA) is 101 Å². The number of nitrogens with two attached hydrogens (primary N) is 1. The Bertz CT molecular complexity index is 785. The molecule has 0 aliphatic heterocycles. The van der Waals surface area contributed by atoms with Crippen molar-refractivity contribution in [3.8, 4) is 0 Å². The summed E-state index contributed by atoms with van der Waals surface area (Å²) in [6, 6.07) is 9.61. The van der Waals surface area contributed by atoms with E-state index in [0.717, 1.165) is 11.8 Å². The van der Waals surface area contributed by atoms with E-state index in [1.807, 2.05) is 44.2 Å².